The van der Waals surface area contributed by atoms with E-state index in [-0.39, 0.29) is 18.1 Å². The second-order valence-corrected chi connectivity index (χ2v) is 8.62. The number of likely N-dealkylation sites (N-methyl/N-ethyl adjacent to an activating group) is 1. The van der Waals surface area contributed by atoms with Crippen LogP contribution in [0.2, 0.25) is 5.02 Å². The van der Waals surface area contributed by atoms with Gasteiger partial charge in [-0.25, -0.2) is 4.98 Å². The number of aromatic nitrogens is 2. The fraction of sp³-hybridized carbons (Fsp3) is 0.304. The third-order valence-corrected chi connectivity index (χ3v) is 6.61. The number of nitrogens with one attached hydrogen (secondary N) is 2. The van der Waals surface area contributed by atoms with Gasteiger partial charge in [0.25, 0.3) is 0 Å². The molecule has 8 heteroatoms. The summed E-state index contributed by atoms with van der Waals surface area (Å²) < 4.78 is 0. The number of fused-ring (bicyclic) bond motifs is 1. The molecule has 3 heterocycles. The van der Waals surface area contributed by atoms with Crippen LogP contribution in [0.5, 0.6) is 0 Å². The number of aliphatic hydroxyl groups is 1. The Morgan fingerprint density at radius 1 is 1.13 bits per heavy atom. The minimum atomic E-state index is 0.128. The Hall–Kier alpha value is -3.03. The molecule has 0 amide bonds. The lowest BCUT2D eigenvalue weighted by Gasteiger charge is -2.34. The van der Waals surface area contributed by atoms with Crippen LogP contribution in [0.1, 0.15) is 11.4 Å². The van der Waals surface area contributed by atoms with E-state index in [2.05, 4.69) is 38.9 Å². The first kappa shape index (κ1) is 19.9. The molecule has 2 aliphatic rings. The van der Waals surface area contributed by atoms with E-state index in [1.165, 1.54) is 0 Å². The van der Waals surface area contributed by atoms with Crippen molar-refractivity contribution in [1.29, 1.82) is 5.41 Å². The number of rotatable bonds is 3. The molecule has 2 aromatic carbocycles. The van der Waals surface area contributed by atoms with Crippen LogP contribution in [0.3, 0.4) is 0 Å². The summed E-state index contributed by atoms with van der Waals surface area (Å²) in [5.74, 6) is 0.846. The third kappa shape index (κ3) is 3.43. The van der Waals surface area contributed by atoms with Gasteiger partial charge in [0.15, 0.2) is 0 Å². The number of piperazine rings is 1. The number of amidine groups is 1. The zero-order chi connectivity index (χ0) is 21.7. The van der Waals surface area contributed by atoms with Crippen molar-refractivity contribution in [3.8, 4) is 0 Å². The fourth-order valence-corrected chi connectivity index (χ4v) is 4.47. The van der Waals surface area contributed by atoms with Gasteiger partial charge in [0, 0.05) is 42.6 Å². The summed E-state index contributed by atoms with van der Waals surface area (Å²) in [6, 6.07) is 11.8. The summed E-state index contributed by atoms with van der Waals surface area (Å²) in [5, 5.41) is 20.1. The summed E-state index contributed by atoms with van der Waals surface area (Å²) in [6.45, 7) is 6.22. The number of hydrogen-bond donors (Lipinski definition) is 3. The van der Waals surface area contributed by atoms with Crippen LogP contribution < -0.4 is 9.80 Å². The van der Waals surface area contributed by atoms with Crippen LogP contribution in [0.25, 0.3) is 16.6 Å². The molecule has 0 bridgehead atoms. The number of aromatic amines is 1. The van der Waals surface area contributed by atoms with E-state index < -0.39 is 0 Å². The first-order valence-electron chi connectivity index (χ1n) is 10.4. The van der Waals surface area contributed by atoms with E-state index in [1.54, 1.807) is 4.90 Å². The van der Waals surface area contributed by atoms with Crippen molar-refractivity contribution in [2.45, 2.75) is 6.92 Å². The molecule has 0 saturated carbocycles. The van der Waals surface area contributed by atoms with Crippen LogP contribution in [-0.4, -0.2) is 65.6 Å². The number of nitrogens with zero attached hydrogens (tertiary/aromatic N) is 4. The molecule has 31 heavy (non-hydrogen) atoms. The SMILES string of the molecule is Cc1c(Cl)cccc1N1CC(O)=C(c2nc3ccc(N4CCN(C)CC4)cc3[nH]2)C1=N. The van der Waals surface area contributed by atoms with Crippen LogP contribution in [-0.2, 0) is 0 Å². The van der Waals surface area contributed by atoms with E-state index in [0.717, 1.165) is 54.2 Å². The number of hydrogen-bond acceptors (Lipinski definition) is 5. The normalized spacial score (nSPS) is 18.0. The number of halogens is 1. The highest BCUT2D eigenvalue weighted by Crippen LogP contribution is 2.34. The third-order valence-electron chi connectivity index (χ3n) is 6.20. The minimum absolute atomic E-state index is 0.128. The minimum Gasteiger partial charge on any atom is -0.509 e. The van der Waals surface area contributed by atoms with Crippen LogP contribution in [0, 0.1) is 12.3 Å². The van der Waals surface area contributed by atoms with E-state index in [4.69, 9.17) is 17.0 Å². The summed E-state index contributed by atoms with van der Waals surface area (Å²) in [6.07, 6.45) is 0. The summed E-state index contributed by atoms with van der Waals surface area (Å²) in [7, 11) is 2.15. The van der Waals surface area contributed by atoms with Gasteiger partial charge < -0.3 is 24.8 Å². The zero-order valence-electron chi connectivity index (χ0n) is 17.6. The molecule has 5 rings (SSSR count). The van der Waals surface area contributed by atoms with Gasteiger partial charge >= 0.3 is 0 Å². The van der Waals surface area contributed by atoms with Gasteiger partial charge in [-0.2, -0.15) is 0 Å². The largest absolute Gasteiger partial charge is 0.509 e. The Bertz CT molecular complexity index is 1210. The van der Waals surface area contributed by atoms with Gasteiger partial charge in [-0.1, -0.05) is 17.7 Å². The highest BCUT2D eigenvalue weighted by molar-refractivity contribution is 6.33. The molecule has 1 fully saturated rings. The average Bonchev–Trinajstić information content (AvgIpc) is 3.29. The Balaban J connectivity index is 1.45. The van der Waals surface area contributed by atoms with Crippen molar-refractivity contribution >= 4 is 45.4 Å². The molecular weight excluding hydrogens is 412 g/mol. The van der Waals surface area contributed by atoms with E-state index in [9.17, 15) is 5.11 Å². The van der Waals surface area contributed by atoms with Crippen LogP contribution >= 0.6 is 11.6 Å². The Kier molecular flexibility index (Phi) is 4.87. The van der Waals surface area contributed by atoms with Crippen LogP contribution in [0.4, 0.5) is 11.4 Å². The van der Waals surface area contributed by atoms with Gasteiger partial charge in [-0.3, -0.25) is 5.41 Å². The molecule has 1 saturated heterocycles. The summed E-state index contributed by atoms with van der Waals surface area (Å²) in [4.78, 5) is 14.5. The predicted molar refractivity (Wildman–Crippen MR) is 127 cm³/mol. The number of anilines is 2. The highest BCUT2D eigenvalue weighted by Gasteiger charge is 2.32. The smallest absolute Gasteiger partial charge is 0.145 e. The summed E-state index contributed by atoms with van der Waals surface area (Å²) >= 11 is 6.27. The monoisotopic (exact) mass is 436 g/mol. The van der Waals surface area contributed by atoms with Gasteiger partial charge in [0.1, 0.15) is 17.4 Å². The molecule has 3 aromatic rings. The molecule has 0 atom stereocenters. The molecule has 0 aliphatic carbocycles. The van der Waals surface area contributed by atoms with Crippen molar-refractivity contribution in [1.82, 2.24) is 14.9 Å². The molecule has 0 unspecified atom stereocenters. The number of imidazole rings is 1. The molecule has 3 N–H and O–H groups in total. The molecule has 0 spiro atoms. The van der Waals surface area contributed by atoms with E-state index in [1.807, 2.05) is 31.2 Å². The lowest BCUT2D eigenvalue weighted by atomic mass is 10.1. The van der Waals surface area contributed by atoms with Gasteiger partial charge in [0.05, 0.1) is 23.2 Å². The molecule has 160 valence electrons. The number of aliphatic hydroxyl groups excluding tert-OH is 1. The Morgan fingerprint density at radius 3 is 2.68 bits per heavy atom. The maximum Gasteiger partial charge on any atom is 0.145 e. The molecular formula is C23H25ClN6O. The van der Waals surface area contributed by atoms with Crippen LogP contribution in [0.15, 0.2) is 42.2 Å². The lowest BCUT2D eigenvalue weighted by molar-refractivity contribution is 0.313. The quantitative estimate of drug-likeness (QED) is 0.577. The maximum atomic E-state index is 10.7. The van der Waals surface area contributed by atoms with Crippen molar-refractivity contribution < 1.29 is 5.11 Å². The fourth-order valence-electron chi connectivity index (χ4n) is 4.30. The van der Waals surface area contributed by atoms with Crippen molar-refractivity contribution in [2.75, 3.05) is 49.6 Å². The Labute approximate surface area is 186 Å². The van der Waals surface area contributed by atoms with E-state index >= 15 is 0 Å². The second-order valence-electron chi connectivity index (χ2n) is 8.22. The number of H-pyrrole nitrogens is 1. The lowest BCUT2D eigenvalue weighted by Crippen LogP contribution is -2.44. The molecule has 1 aromatic heterocycles. The molecule has 7 nitrogen and oxygen atoms in total. The van der Waals surface area contributed by atoms with Gasteiger partial charge in [-0.05, 0) is 49.9 Å². The molecule has 2 aliphatic heterocycles. The van der Waals surface area contributed by atoms with E-state index in [0.29, 0.717) is 16.4 Å². The number of benzene rings is 2. The van der Waals surface area contributed by atoms with Crippen molar-refractivity contribution in [2.24, 2.45) is 0 Å². The maximum absolute atomic E-state index is 10.7. The van der Waals surface area contributed by atoms with Crippen molar-refractivity contribution in [3.63, 3.8) is 0 Å². The second kappa shape index (κ2) is 7.59. The van der Waals surface area contributed by atoms with Crippen molar-refractivity contribution in [3.05, 3.63) is 58.6 Å². The standard InChI is InChI=1S/C23H25ClN6O/c1-14-16(24)4-3-5-19(14)30-13-20(31)21(22(30)25)23-26-17-7-6-15(12-18(17)27-23)29-10-8-28(2)9-11-29/h3-7,12,25,31H,8-11,13H2,1-2H3,(H,26,27). The molecule has 0 radical (unpaired) electrons. The first-order valence-corrected chi connectivity index (χ1v) is 10.8. The first-order chi connectivity index (χ1) is 14.9. The van der Waals surface area contributed by atoms with Gasteiger partial charge in [-0.15, -0.1) is 0 Å². The highest BCUT2D eigenvalue weighted by atomic mass is 35.5. The average molecular weight is 437 g/mol. The Morgan fingerprint density at radius 2 is 1.90 bits per heavy atom. The predicted octanol–water partition coefficient (Wildman–Crippen LogP) is 4.04. The van der Waals surface area contributed by atoms with Gasteiger partial charge in [0.2, 0.25) is 0 Å². The summed E-state index contributed by atoms with van der Waals surface area (Å²) in [5.41, 5.74) is 5.00. The topological polar surface area (TPSA) is 82.5 Å². The zero-order valence-corrected chi connectivity index (χ0v) is 18.4.